The summed E-state index contributed by atoms with van der Waals surface area (Å²) in [7, 11) is 1.37. The minimum absolute atomic E-state index is 0.0335. The van der Waals surface area contributed by atoms with E-state index >= 15 is 8.78 Å². The summed E-state index contributed by atoms with van der Waals surface area (Å²) < 4.78 is 37.8. The molecule has 1 atom stereocenters. The first-order valence-corrected chi connectivity index (χ1v) is 15.1. The molecule has 2 aliphatic rings. The van der Waals surface area contributed by atoms with Gasteiger partial charge in [-0.25, -0.2) is 13.3 Å². The standard InChI is InChI=1S/C35H36F2N4O3/c1-4-21(2)26-8-6-5-7-22(26)13-15-38-34(42)28-18-31(23-9-10-23)41-32(33(28)37)19-30(39-41)27-12-11-25(17-29(27)36)40-16-14-24(20-40)35(43)44-3/h4-8,11-12,17-19,23-24H,9-10,13-16,20H2,1-3H3,(H,38,42)/b21-4-/t24-/m0/s1. The molecule has 0 unspecified atom stereocenters. The molecule has 1 saturated heterocycles. The number of esters is 1. The van der Waals surface area contributed by atoms with E-state index in [9.17, 15) is 9.59 Å². The smallest absolute Gasteiger partial charge is 0.310 e. The molecule has 6 rings (SSSR count). The summed E-state index contributed by atoms with van der Waals surface area (Å²) in [5, 5.41) is 7.50. The molecule has 1 amide bonds. The summed E-state index contributed by atoms with van der Waals surface area (Å²) in [6.07, 6.45) is 5.15. The number of hydrogen-bond acceptors (Lipinski definition) is 5. The van der Waals surface area contributed by atoms with Gasteiger partial charge in [-0.1, -0.05) is 30.3 Å². The summed E-state index contributed by atoms with van der Waals surface area (Å²) in [5.41, 5.74) is 5.44. The lowest BCUT2D eigenvalue weighted by atomic mass is 9.98. The first kappa shape index (κ1) is 29.5. The Morgan fingerprint density at radius 1 is 1.07 bits per heavy atom. The second-order valence-electron chi connectivity index (χ2n) is 11.7. The van der Waals surface area contributed by atoms with Crippen molar-refractivity contribution in [3.63, 3.8) is 0 Å². The van der Waals surface area contributed by atoms with Gasteiger partial charge in [0, 0.05) is 42.5 Å². The van der Waals surface area contributed by atoms with Crippen LogP contribution >= 0.6 is 0 Å². The van der Waals surface area contributed by atoms with Crippen LogP contribution in [0.5, 0.6) is 0 Å². The van der Waals surface area contributed by atoms with Crippen LogP contribution in [0.15, 0.2) is 60.7 Å². The molecule has 4 aromatic rings. The number of benzene rings is 2. The average molecular weight is 599 g/mol. The fourth-order valence-electron chi connectivity index (χ4n) is 6.06. The number of methoxy groups -OCH3 is 1. The third-order valence-corrected chi connectivity index (χ3v) is 8.82. The Balaban J connectivity index is 1.24. The van der Waals surface area contributed by atoms with E-state index in [2.05, 4.69) is 29.5 Å². The van der Waals surface area contributed by atoms with Crippen LogP contribution < -0.4 is 10.2 Å². The Kier molecular flexibility index (Phi) is 8.21. The Hall–Kier alpha value is -4.53. The van der Waals surface area contributed by atoms with Crippen LogP contribution in [0.3, 0.4) is 0 Å². The summed E-state index contributed by atoms with van der Waals surface area (Å²) in [6, 6.07) is 16.0. The van der Waals surface area contributed by atoms with E-state index in [-0.39, 0.29) is 40.1 Å². The van der Waals surface area contributed by atoms with Gasteiger partial charge in [0.05, 0.1) is 24.3 Å². The summed E-state index contributed by atoms with van der Waals surface area (Å²) in [4.78, 5) is 27.1. The minimum Gasteiger partial charge on any atom is -0.469 e. The van der Waals surface area contributed by atoms with Crippen molar-refractivity contribution in [3.05, 3.63) is 94.7 Å². The molecule has 1 aliphatic carbocycles. The van der Waals surface area contributed by atoms with Crippen LogP contribution in [0.2, 0.25) is 0 Å². The molecule has 2 aromatic heterocycles. The van der Waals surface area contributed by atoms with Crippen LogP contribution in [-0.4, -0.2) is 48.2 Å². The zero-order valence-corrected chi connectivity index (χ0v) is 25.2. The molecule has 228 valence electrons. The Morgan fingerprint density at radius 2 is 1.86 bits per heavy atom. The molecule has 1 N–H and O–H groups in total. The zero-order valence-electron chi connectivity index (χ0n) is 25.2. The number of ether oxygens (including phenoxy) is 1. The number of anilines is 1. The quantitative estimate of drug-likeness (QED) is 0.221. The van der Waals surface area contributed by atoms with Gasteiger partial charge in [0.1, 0.15) is 11.3 Å². The maximum Gasteiger partial charge on any atom is 0.310 e. The number of carbonyl (C=O) groups is 2. The Labute approximate surface area is 255 Å². The van der Waals surface area contributed by atoms with Gasteiger partial charge in [0.15, 0.2) is 5.82 Å². The van der Waals surface area contributed by atoms with E-state index in [0.29, 0.717) is 38.2 Å². The SMILES string of the molecule is C/C=C(/C)c1ccccc1CCNC(=O)c1cc(C2CC2)n2nc(-c3ccc(N4CC[C@H](C(=O)OC)C4)cc3F)cc2c1F. The summed E-state index contributed by atoms with van der Waals surface area (Å²) in [5.74, 6) is -2.00. The third-order valence-electron chi connectivity index (χ3n) is 8.82. The highest BCUT2D eigenvalue weighted by atomic mass is 19.1. The number of halogens is 2. The number of rotatable bonds is 9. The molecule has 1 aliphatic heterocycles. The van der Waals surface area contributed by atoms with Gasteiger partial charge < -0.3 is 15.0 Å². The van der Waals surface area contributed by atoms with Gasteiger partial charge in [-0.3, -0.25) is 9.59 Å². The molecule has 0 spiro atoms. The molecular weight excluding hydrogens is 562 g/mol. The average Bonchev–Trinajstić information content (AvgIpc) is 3.58. The van der Waals surface area contributed by atoms with E-state index in [4.69, 9.17) is 4.74 Å². The maximum absolute atomic E-state index is 15.9. The molecule has 0 bridgehead atoms. The predicted molar refractivity (Wildman–Crippen MR) is 167 cm³/mol. The topological polar surface area (TPSA) is 75.9 Å². The molecule has 2 fully saturated rings. The number of nitrogens with zero attached hydrogens (tertiary/aromatic N) is 3. The second-order valence-corrected chi connectivity index (χ2v) is 11.7. The third kappa shape index (κ3) is 5.70. The fourth-order valence-corrected chi connectivity index (χ4v) is 6.06. The molecule has 1 saturated carbocycles. The minimum atomic E-state index is -0.682. The van der Waals surface area contributed by atoms with E-state index in [0.717, 1.165) is 35.2 Å². The van der Waals surface area contributed by atoms with Gasteiger partial charge in [0.25, 0.3) is 5.91 Å². The van der Waals surface area contributed by atoms with Crippen LogP contribution in [0.25, 0.3) is 22.3 Å². The van der Waals surface area contributed by atoms with Crippen molar-refractivity contribution in [1.29, 1.82) is 0 Å². The molecular formula is C35H36F2N4O3. The number of fused-ring (bicyclic) bond motifs is 1. The Morgan fingerprint density at radius 3 is 2.59 bits per heavy atom. The number of aromatic nitrogens is 2. The van der Waals surface area contributed by atoms with Crippen molar-refractivity contribution in [1.82, 2.24) is 14.9 Å². The molecule has 9 heteroatoms. The maximum atomic E-state index is 15.9. The van der Waals surface area contributed by atoms with Crippen LogP contribution in [0, 0.1) is 17.6 Å². The van der Waals surface area contributed by atoms with Crippen LogP contribution in [-0.2, 0) is 16.0 Å². The van der Waals surface area contributed by atoms with Gasteiger partial charge in [-0.05, 0) is 86.6 Å². The van der Waals surface area contributed by atoms with Gasteiger partial charge >= 0.3 is 5.97 Å². The van der Waals surface area contributed by atoms with Gasteiger partial charge in [-0.15, -0.1) is 0 Å². The van der Waals surface area contributed by atoms with E-state index in [1.807, 2.05) is 30.0 Å². The highest BCUT2D eigenvalue weighted by Crippen LogP contribution is 2.41. The first-order chi connectivity index (χ1) is 21.3. The molecule has 7 nitrogen and oxygen atoms in total. The normalized spacial score (nSPS) is 16.9. The van der Waals surface area contributed by atoms with E-state index < -0.39 is 17.5 Å². The van der Waals surface area contributed by atoms with Gasteiger partial charge in [0.2, 0.25) is 0 Å². The van der Waals surface area contributed by atoms with Crippen LogP contribution in [0.4, 0.5) is 14.5 Å². The lowest BCUT2D eigenvalue weighted by Crippen LogP contribution is -2.27. The van der Waals surface area contributed by atoms with Crippen molar-refractivity contribution in [2.75, 3.05) is 31.6 Å². The molecule has 2 aromatic carbocycles. The van der Waals surface area contributed by atoms with Crippen molar-refractivity contribution >= 4 is 28.7 Å². The van der Waals surface area contributed by atoms with Gasteiger partial charge in [-0.2, -0.15) is 5.10 Å². The molecule has 44 heavy (non-hydrogen) atoms. The van der Waals surface area contributed by atoms with Crippen LogP contribution in [0.1, 0.15) is 66.2 Å². The monoisotopic (exact) mass is 598 g/mol. The number of allylic oxidation sites excluding steroid dienone is 2. The lowest BCUT2D eigenvalue weighted by molar-refractivity contribution is -0.144. The number of carbonyl (C=O) groups excluding carboxylic acids is 2. The summed E-state index contributed by atoms with van der Waals surface area (Å²) in [6.45, 7) is 5.48. The van der Waals surface area contributed by atoms with Crippen molar-refractivity contribution in [2.24, 2.45) is 5.92 Å². The number of hydrogen-bond donors (Lipinski definition) is 1. The second kappa shape index (κ2) is 12.2. The number of nitrogens with one attached hydrogen (secondary N) is 1. The number of pyridine rings is 1. The highest BCUT2D eigenvalue weighted by Gasteiger charge is 2.32. The van der Waals surface area contributed by atoms with E-state index in [1.165, 1.54) is 23.8 Å². The summed E-state index contributed by atoms with van der Waals surface area (Å²) >= 11 is 0. The first-order valence-electron chi connectivity index (χ1n) is 15.1. The van der Waals surface area contributed by atoms with E-state index in [1.54, 1.807) is 18.2 Å². The predicted octanol–water partition coefficient (Wildman–Crippen LogP) is 6.55. The highest BCUT2D eigenvalue weighted by molar-refractivity contribution is 5.96. The molecule has 0 radical (unpaired) electrons. The lowest BCUT2D eigenvalue weighted by Gasteiger charge is -2.18. The largest absolute Gasteiger partial charge is 0.469 e. The Bertz CT molecular complexity index is 1780. The van der Waals surface area contributed by atoms with Crippen molar-refractivity contribution in [2.45, 2.75) is 45.4 Å². The fraction of sp³-hybridized carbons (Fsp3) is 0.343. The van der Waals surface area contributed by atoms with Crippen molar-refractivity contribution < 1.29 is 23.1 Å². The van der Waals surface area contributed by atoms with Crippen molar-refractivity contribution in [3.8, 4) is 11.3 Å². The number of amides is 1. The zero-order chi connectivity index (χ0) is 31.0. The molecule has 3 heterocycles.